The first-order valence-electron chi connectivity index (χ1n) is 4.70. The molecule has 1 N–H and O–H groups in total. The van der Waals surface area contributed by atoms with Gasteiger partial charge >= 0.3 is 0 Å². The van der Waals surface area contributed by atoms with Crippen LogP contribution in [0, 0.1) is 5.82 Å². The molecule has 2 aromatic carbocycles. The number of benzene rings is 2. The Morgan fingerprint density at radius 1 is 0.875 bits per heavy atom. The van der Waals surface area contributed by atoms with Gasteiger partial charge in [-0.2, -0.15) is 10.2 Å². The molecule has 0 bridgehead atoms. The lowest BCUT2D eigenvalue weighted by molar-refractivity contribution is 0.475. The SMILES string of the molecule is Oc1ccc(N=Nc2cccc(F)c2)cc1. The standard InChI is InChI=1S/C12H9FN2O/c13-9-2-1-3-11(8-9)15-14-10-4-6-12(16)7-5-10/h1-8,16H. The van der Waals surface area contributed by atoms with Crippen LogP contribution < -0.4 is 0 Å². The maximum Gasteiger partial charge on any atom is 0.125 e. The Hall–Kier alpha value is -2.23. The molecule has 3 nitrogen and oxygen atoms in total. The first-order chi connectivity index (χ1) is 7.74. The van der Waals surface area contributed by atoms with Gasteiger partial charge in [-0.25, -0.2) is 4.39 Å². The second-order valence-electron chi connectivity index (χ2n) is 3.20. The van der Waals surface area contributed by atoms with Crippen LogP contribution in [0.1, 0.15) is 0 Å². The molecule has 0 aliphatic carbocycles. The summed E-state index contributed by atoms with van der Waals surface area (Å²) >= 11 is 0. The fraction of sp³-hybridized carbons (Fsp3) is 0. The molecular weight excluding hydrogens is 207 g/mol. The van der Waals surface area contributed by atoms with Crippen LogP contribution >= 0.6 is 0 Å². The van der Waals surface area contributed by atoms with E-state index in [0.717, 1.165) is 0 Å². The average Bonchev–Trinajstić information content (AvgIpc) is 2.28. The lowest BCUT2D eigenvalue weighted by Crippen LogP contribution is -1.70. The van der Waals surface area contributed by atoms with Crippen LogP contribution in [0.2, 0.25) is 0 Å². The van der Waals surface area contributed by atoms with E-state index >= 15 is 0 Å². The van der Waals surface area contributed by atoms with Crippen LogP contribution in [0.3, 0.4) is 0 Å². The summed E-state index contributed by atoms with van der Waals surface area (Å²) in [6, 6.07) is 12.1. The Balaban J connectivity index is 2.18. The molecule has 4 heteroatoms. The zero-order valence-electron chi connectivity index (χ0n) is 8.34. The molecule has 0 amide bonds. The number of aromatic hydroxyl groups is 1. The molecule has 80 valence electrons. The largest absolute Gasteiger partial charge is 0.508 e. The fourth-order valence-electron chi connectivity index (χ4n) is 1.17. The first kappa shape index (κ1) is 10.3. The summed E-state index contributed by atoms with van der Waals surface area (Å²) in [6.07, 6.45) is 0. The van der Waals surface area contributed by atoms with Gasteiger partial charge in [0.2, 0.25) is 0 Å². The highest BCUT2D eigenvalue weighted by molar-refractivity contribution is 5.42. The summed E-state index contributed by atoms with van der Waals surface area (Å²) in [4.78, 5) is 0. The van der Waals surface area contributed by atoms with Crippen molar-refractivity contribution in [2.75, 3.05) is 0 Å². The Morgan fingerprint density at radius 3 is 2.25 bits per heavy atom. The number of phenols is 1. The zero-order chi connectivity index (χ0) is 11.4. The Bertz CT molecular complexity index is 509. The number of nitrogens with zero attached hydrogens (tertiary/aromatic N) is 2. The van der Waals surface area contributed by atoms with Gasteiger partial charge in [-0.1, -0.05) is 6.07 Å². The van der Waals surface area contributed by atoms with E-state index in [1.54, 1.807) is 24.3 Å². The van der Waals surface area contributed by atoms with E-state index in [2.05, 4.69) is 10.2 Å². The molecule has 16 heavy (non-hydrogen) atoms. The maximum atomic E-state index is 12.8. The zero-order valence-corrected chi connectivity index (χ0v) is 8.34. The van der Waals surface area contributed by atoms with Gasteiger partial charge in [0.05, 0.1) is 11.4 Å². The van der Waals surface area contributed by atoms with Crippen molar-refractivity contribution in [2.24, 2.45) is 10.2 Å². The topological polar surface area (TPSA) is 45.0 Å². The van der Waals surface area contributed by atoms with E-state index in [9.17, 15) is 4.39 Å². The van der Waals surface area contributed by atoms with Gasteiger partial charge in [-0.05, 0) is 36.4 Å². The Kier molecular flexibility index (Phi) is 2.91. The third-order valence-electron chi connectivity index (χ3n) is 1.94. The minimum atomic E-state index is -0.345. The second kappa shape index (κ2) is 4.53. The minimum Gasteiger partial charge on any atom is -0.508 e. The van der Waals surface area contributed by atoms with Crippen molar-refractivity contribution >= 4 is 11.4 Å². The molecule has 0 radical (unpaired) electrons. The lowest BCUT2D eigenvalue weighted by atomic mass is 10.3. The molecular formula is C12H9FN2O. The number of halogens is 1. The molecule has 0 saturated carbocycles. The molecule has 0 aliphatic heterocycles. The number of azo groups is 1. The predicted octanol–water partition coefficient (Wildman–Crippen LogP) is 3.95. The van der Waals surface area contributed by atoms with Gasteiger partial charge in [0.25, 0.3) is 0 Å². The molecule has 0 aromatic heterocycles. The molecule has 0 saturated heterocycles. The monoisotopic (exact) mass is 216 g/mol. The summed E-state index contributed by atoms with van der Waals surface area (Å²) in [5, 5.41) is 16.8. The molecule has 0 unspecified atom stereocenters. The van der Waals surface area contributed by atoms with E-state index in [0.29, 0.717) is 11.4 Å². The maximum absolute atomic E-state index is 12.8. The van der Waals surface area contributed by atoms with Crippen molar-refractivity contribution in [3.63, 3.8) is 0 Å². The van der Waals surface area contributed by atoms with Crippen molar-refractivity contribution in [1.82, 2.24) is 0 Å². The van der Waals surface area contributed by atoms with Crippen LogP contribution in [0.5, 0.6) is 5.75 Å². The van der Waals surface area contributed by atoms with Gasteiger partial charge in [0.15, 0.2) is 0 Å². The summed E-state index contributed by atoms with van der Waals surface area (Å²) in [5.41, 5.74) is 1.05. The highest BCUT2D eigenvalue weighted by Crippen LogP contribution is 2.20. The number of rotatable bonds is 2. The Labute approximate surface area is 91.9 Å². The Morgan fingerprint density at radius 2 is 1.56 bits per heavy atom. The van der Waals surface area contributed by atoms with Gasteiger partial charge in [0.1, 0.15) is 11.6 Å². The van der Waals surface area contributed by atoms with E-state index in [4.69, 9.17) is 5.11 Å². The molecule has 0 spiro atoms. The van der Waals surface area contributed by atoms with E-state index in [1.807, 2.05) is 0 Å². The molecule has 0 heterocycles. The predicted molar refractivity (Wildman–Crippen MR) is 58.7 cm³/mol. The van der Waals surface area contributed by atoms with Crippen molar-refractivity contribution in [1.29, 1.82) is 0 Å². The van der Waals surface area contributed by atoms with Gasteiger partial charge < -0.3 is 5.11 Å². The highest BCUT2D eigenvalue weighted by Gasteiger charge is 1.93. The quantitative estimate of drug-likeness (QED) is 0.759. The summed E-state index contributed by atoms with van der Waals surface area (Å²) in [5.74, 6) is -0.174. The summed E-state index contributed by atoms with van der Waals surface area (Å²) in [6.45, 7) is 0. The normalized spacial score (nSPS) is 10.8. The van der Waals surface area contributed by atoms with E-state index in [1.165, 1.54) is 24.3 Å². The number of hydrogen-bond donors (Lipinski definition) is 1. The molecule has 0 aliphatic rings. The second-order valence-corrected chi connectivity index (χ2v) is 3.20. The average molecular weight is 216 g/mol. The molecule has 0 atom stereocenters. The third-order valence-corrected chi connectivity index (χ3v) is 1.94. The highest BCUT2D eigenvalue weighted by atomic mass is 19.1. The van der Waals surface area contributed by atoms with Crippen molar-refractivity contribution in [2.45, 2.75) is 0 Å². The number of hydrogen-bond acceptors (Lipinski definition) is 3. The van der Waals surface area contributed by atoms with Crippen LogP contribution in [0.15, 0.2) is 58.8 Å². The van der Waals surface area contributed by atoms with Gasteiger partial charge in [-0.3, -0.25) is 0 Å². The lowest BCUT2D eigenvalue weighted by Gasteiger charge is -1.94. The minimum absolute atomic E-state index is 0.171. The van der Waals surface area contributed by atoms with Crippen molar-refractivity contribution in [3.05, 3.63) is 54.3 Å². The van der Waals surface area contributed by atoms with Gasteiger partial charge in [-0.15, -0.1) is 0 Å². The summed E-state index contributed by atoms with van der Waals surface area (Å²) < 4.78 is 12.8. The van der Waals surface area contributed by atoms with Crippen LogP contribution in [-0.4, -0.2) is 5.11 Å². The summed E-state index contributed by atoms with van der Waals surface area (Å²) in [7, 11) is 0. The molecule has 2 rings (SSSR count). The van der Waals surface area contributed by atoms with Crippen molar-refractivity contribution < 1.29 is 9.50 Å². The van der Waals surface area contributed by atoms with E-state index < -0.39 is 0 Å². The molecule has 0 fully saturated rings. The smallest absolute Gasteiger partial charge is 0.125 e. The van der Waals surface area contributed by atoms with Gasteiger partial charge in [0, 0.05) is 6.07 Å². The van der Waals surface area contributed by atoms with Crippen LogP contribution in [0.25, 0.3) is 0 Å². The first-order valence-corrected chi connectivity index (χ1v) is 4.70. The van der Waals surface area contributed by atoms with Crippen molar-refractivity contribution in [3.8, 4) is 5.75 Å². The van der Waals surface area contributed by atoms with E-state index in [-0.39, 0.29) is 11.6 Å². The fourth-order valence-corrected chi connectivity index (χ4v) is 1.17. The van der Waals surface area contributed by atoms with Crippen LogP contribution in [0.4, 0.5) is 15.8 Å². The number of phenolic OH excluding ortho intramolecular Hbond substituents is 1. The third kappa shape index (κ3) is 2.63. The van der Waals surface area contributed by atoms with Crippen LogP contribution in [-0.2, 0) is 0 Å². The molecule has 2 aromatic rings.